The van der Waals surface area contributed by atoms with Gasteiger partial charge in [-0.2, -0.15) is 0 Å². The van der Waals surface area contributed by atoms with Gasteiger partial charge in [-0.05, 0) is 0 Å². The van der Waals surface area contributed by atoms with Crippen LogP contribution in [0.2, 0.25) is 0 Å². The van der Waals surface area contributed by atoms with Crippen LogP contribution in [0.5, 0.6) is 0 Å². The van der Waals surface area contributed by atoms with E-state index in [4.69, 9.17) is 0 Å². The number of hydrogen-bond donors (Lipinski definition) is 0. The summed E-state index contributed by atoms with van der Waals surface area (Å²) in [6.45, 7) is 9.46. The maximum atomic E-state index is 2.36. The number of hydrogen-bond acceptors (Lipinski definition) is 0. The van der Waals surface area contributed by atoms with Crippen LogP contribution in [0.4, 0.5) is 0 Å². The quantitative estimate of drug-likeness (QED) is 0.515. The third kappa shape index (κ3) is 5.01. The molecular weight excluding hydrogens is 175 g/mol. The van der Waals surface area contributed by atoms with E-state index in [1.807, 2.05) is 0 Å². The summed E-state index contributed by atoms with van der Waals surface area (Å²) >= 11 is 0. The standard InChI is InChI=1S/C12H29P/c1-5-9-13(10-6-2,11-7-3)12-8-4/h13H,5-12H2,1-4H3. The summed E-state index contributed by atoms with van der Waals surface area (Å²) in [5.41, 5.74) is 0. The molecular formula is C12H29P. The summed E-state index contributed by atoms with van der Waals surface area (Å²) in [6.07, 6.45) is 12.0. The van der Waals surface area contributed by atoms with E-state index in [9.17, 15) is 0 Å². The van der Waals surface area contributed by atoms with Crippen LogP contribution in [-0.4, -0.2) is 24.6 Å². The Balaban J connectivity index is 4.19. The minimum atomic E-state index is -0.796. The van der Waals surface area contributed by atoms with Crippen LogP contribution in [0.1, 0.15) is 53.4 Å². The normalized spacial score (nSPS) is 13.2. The summed E-state index contributed by atoms with van der Waals surface area (Å²) in [5, 5.41) is 0. The van der Waals surface area contributed by atoms with Crippen molar-refractivity contribution in [1.29, 1.82) is 0 Å². The molecule has 0 N–H and O–H groups in total. The Hall–Kier alpha value is 0.430. The van der Waals surface area contributed by atoms with Gasteiger partial charge in [-0.1, -0.05) is 0 Å². The molecule has 0 heterocycles. The van der Waals surface area contributed by atoms with Gasteiger partial charge < -0.3 is 0 Å². The van der Waals surface area contributed by atoms with E-state index in [2.05, 4.69) is 27.7 Å². The summed E-state index contributed by atoms with van der Waals surface area (Å²) < 4.78 is 0. The fourth-order valence-electron chi connectivity index (χ4n) is 2.87. The van der Waals surface area contributed by atoms with Gasteiger partial charge in [0.1, 0.15) is 0 Å². The van der Waals surface area contributed by atoms with Crippen molar-refractivity contribution in [2.45, 2.75) is 53.4 Å². The minimum absolute atomic E-state index is 0.796. The molecule has 0 aliphatic heterocycles. The van der Waals surface area contributed by atoms with E-state index >= 15 is 0 Å². The summed E-state index contributed by atoms with van der Waals surface area (Å²) in [5.74, 6) is 0. The average Bonchev–Trinajstić information content (AvgIpc) is 2.06. The van der Waals surface area contributed by atoms with Crippen LogP contribution < -0.4 is 0 Å². The van der Waals surface area contributed by atoms with Gasteiger partial charge in [-0.15, -0.1) is 0 Å². The molecule has 0 unspecified atom stereocenters. The van der Waals surface area contributed by atoms with Crippen LogP contribution in [-0.2, 0) is 0 Å². The summed E-state index contributed by atoms with van der Waals surface area (Å²) in [4.78, 5) is 0. The Morgan fingerprint density at radius 1 is 0.538 bits per heavy atom. The molecule has 1 heteroatoms. The molecule has 0 aromatic carbocycles. The zero-order valence-electron chi connectivity index (χ0n) is 10.2. The molecule has 0 saturated heterocycles. The van der Waals surface area contributed by atoms with E-state index in [0.29, 0.717) is 0 Å². The summed E-state index contributed by atoms with van der Waals surface area (Å²) in [6, 6.07) is 0. The van der Waals surface area contributed by atoms with E-state index in [-0.39, 0.29) is 0 Å². The van der Waals surface area contributed by atoms with Gasteiger partial charge in [-0.25, -0.2) is 0 Å². The van der Waals surface area contributed by atoms with Gasteiger partial charge in [0.05, 0.1) is 0 Å². The first-order valence-corrected chi connectivity index (χ1v) is 9.07. The Morgan fingerprint density at radius 3 is 0.923 bits per heavy atom. The fraction of sp³-hybridized carbons (Fsp3) is 1.00. The SMILES string of the molecule is CCC[PH](CCC)(CCC)CCC. The van der Waals surface area contributed by atoms with Crippen molar-refractivity contribution in [2.24, 2.45) is 0 Å². The molecule has 0 rings (SSSR count). The Kier molecular flexibility index (Phi) is 8.06. The fourth-order valence-corrected chi connectivity index (χ4v) is 8.61. The molecule has 0 aliphatic carbocycles. The molecule has 0 saturated carbocycles. The molecule has 0 aromatic rings. The van der Waals surface area contributed by atoms with Crippen molar-refractivity contribution in [3.05, 3.63) is 0 Å². The summed E-state index contributed by atoms with van der Waals surface area (Å²) in [7, 11) is -0.796. The Morgan fingerprint density at radius 2 is 0.769 bits per heavy atom. The van der Waals surface area contributed by atoms with Gasteiger partial charge in [0, 0.05) is 0 Å². The van der Waals surface area contributed by atoms with Crippen molar-refractivity contribution in [2.75, 3.05) is 24.6 Å². The van der Waals surface area contributed by atoms with Crippen molar-refractivity contribution in [3.8, 4) is 0 Å². The molecule has 82 valence electrons. The zero-order chi connectivity index (χ0) is 10.2. The predicted molar refractivity (Wildman–Crippen MR) is 68.9 cm³/mol. The molecule has 0 atom stereocenters. The van der Waals surface area contributed by atoms with Crippen LogP contribution >= 0.6 is 7.26 Å². The van der Waals surface area contributed by atoms with Crippen molar-refractivity contribution in [3.63, 3.8) is 0 Å². The van der Waals surface area contributed by atoms with Crippen LogP contribution in [0.3, 0.4) is 0 Å². The van der Waals surface area contributed by atoms with Crippen molar-refractivity contribution in [1.82, 2.24) is 0 Å². The molecule has 0 radical (unpaired) electrons. The molecule has 13 heavy (non-hydrogen) atoms. The molecule has 0 spiro atoms. The second kappa shape index (κ2) is 7.80. The Labute approximate surface area is 85.8 Å². The zero-order valence-corrected chi connectivity index (χ0v) is 11.2. The van der Waals surface area contributed by atoms with Crippen LogP contribution in [0.25, 0.3) is 0 Å². The first-order chi connectivity index (χ1) is 6.24. The van der Waals surface area contributed by atoms with Gasteiger partial charge in [0.25, 0.3) is 0 Å². The molecule has 0 amide bonds. The van der Waals surface area contributed by atoms with Crippen molar-refractivity contribution >= 4 is 7.26 Å². The van der Waals surface area contributed by atoms with Gasteiger partial charge in [0.15, 0.2) is 0 Å². The molecule has 0 bridgehead atoms. The second-order valence-corrected chi connectivity index (χ2v) is 9.50. The van der Waals surface area contributed by atoms with Crippen LogP contribution in [0.15, 0.2) is 0 Å². The second-order valence-electron chi connectivity index (χ2n) is 4.50. The predicted octanol–water partition coefficient (Wildman–Crippen LogP) is 4.38. The maximum absolute atomic E-state index is 2.36. The third-order valence-electron chi connectivity index (χ3n) is 3.12. The molecule has 0 nitrogen and oxygen atoms in total. The van der Waals surface area contributed by atoms with Gasteiger partial charge >= 0.3 is 85.3 Å². The van der Waals surface area contributed by atoms with Crippen LogP contribution in [0, 0.1) is 0 Å². The Bertz CT molecular complexity index is 80.2. The van der Waals surface area contributed by atoms with E-state index < -0.39 is 7.26 Å². The monoisotopic (exact) mass is 204 g/mol. The van der Waals surface area contributed by atoms with Crippen molar-refractivity contribution < 1.29 is 0 Å². The number of rotatable bonds is 8. The van der Waals surface area contributed by atoms with E-state index in [1.54, 1.807) is 24.6 Å². The average molecular weight is 204 g/mol. The first kappa shape index (κ1) is 13.4. The molecule has 0 fully saturated rings. The first-order valence-electron chi connectivity index (χ1n) is 6.24. The van der Waals surface area contributed by atoms with E-state index in [1.165, 1.54) is 25.7 Å². The van der Waals surface area contributed by atoms with E-state index in [0.717, 1.165) is 0 Å². The van der Waals surface area contributed by atoms with Gasteiger partial charge in [0.2, 0.25) is 0 Å². The third-order valence-corrected chi connectivity index (χ3v) is 9.36. The molecule has 0 aliphatic rings. The molecule has 0 aromatic heterocycles. The van der Waals surface area contributed by atoms with Gasteiger partial charge in [-0.3, -0.25) is 0 Å². The topological polar surface area (TPSA) is 0 Å².